The SMILES string of the molecule is Cc1c(Cl)cnc(N[C@H]2CCO[C@@H]2c2cccnc2)c1C#N. The lowest BCUT2D eigenvalue weighted by Gasteiger charge is -2.21. The minimum atomic E-state index is -0.0990. The van der Waals surface area contributed by atoms with E-state index in [2.05, 4.69) is 21.4 Å². The molecule has 0 aromatic carbocycles. The third kappa shape index (κ3) is 2.76. The van der Waals surface area contributed by atoms with Crippen molar-refractivity contribution in [3.63, 3.8) is 0 Å². The molecule has 5 nitrogen and oxygen atoms in total. The van der Waals surface area contributed by atoms with E-state index in [1.165, 1.54) is 0 Å². The standard InChI is InChI=1S/C16H15ClN4O/c1-10-12(7-18)16(20-9-13(10)17)21-14-4-6-22-15(14)11-3-2-5-19-8-11/h2-3,5,8-9,14-15H,4,6H2,1H3,(H,20,21)/t14-,15+/m0/s1. The molecule has 2 atom stereocenters. The van der Waals surface area contributed by atoms with Crippen LogP contribution >= 0.6 is 11.6 Å². The van der Waals surface area contributed by atoms with E-state index in [1.54, 1.807) is 18.6 Å². The molecule has 6 heteroatoms. The maximum Gasteiger partial charge on any atom is 0.144 e. The Kier molecular flexibility index (Phi) is 4.23. The molecule has 0 radical (unpaired) electrons. The molecule has 0 unspecified atom stereocenters. The zero-order valence-electron chi connectivity index (χ0n) is 12.1. The Morgan fingerprint density at radius 3 is 3.05 bits per heavy atom. The highest BCUT2D eigenvalue weighted by Gasteiger charge is 2.30. The zero-order chi connectivity index (χ0) is 15.5. The number of rotatable bonds is 3. The summed E-state index contributed by atoms with van der Waals surface area (Å²) >= 11 is 6.03. The van der Waals surface area contributed by atoms with E-state index in [-0.39, 0.29) is 12.1 Å². The van der Waals surface area contributed by atoms with Crippen molar-refractivity contribution in [1.82, 2.24) is 9.97 Å². The summed E-state index contributed by atoms with van der Waals surface area (Å²) in [6, 6.07) is 6.09. The van der Waals surface area contributed by atoms with Gasteiger partial charge in [0.15, 0.2) is 0 Å². The minimum Gasteiger partial charge on any atom is -0.371 e. The van der Waals surface area contributed by atoms with Crippen LogP contribution in [-0.2, 0) is 4.74 Å². The highest BCUT2D eigenvalue weighted by atomic mass is 35.5. The van der Waals surface area contributed by atoms with Crippen LogP contribution in [0.3, 0.4) is 0 Å². The van der Waals surface area contributed by atoms with E-state index in [1.807, 2.05) is 19.1 Å². The number of halogens is 1. The van der Waals surface area contributed by atoms with Gasteiger partial charge in [0, 0.05) is 30.8 Å². The first kappa shape index (κ1) is 14.8. The van der Waals surface area contributed by atoms with Crippen LogP contribution in [0.2, 0.25) is 5.02 Å². The molecular formula is C16H15ClN4O. The van der Waals surface area contributed by atoms with Crippen LogP contribution in [0, 0.1) is 18.3 Å². The Bertz CT molecular complexity index is 714. The van der Waals surface area contributed by atoms with Crippen molar-refractivity contribution in [2.75, 3.05) is 11.9 Å². The minimum absolute atomic E-state index is 0.0457. The molecule has 3 rings (SSSR count). The van der Waals surface area contributed by atoms with Gasteiger partial charge in [0.1, 0.15) is 18.0 Å². The number of nitriles is 1. The Morgan fingerprint density at radius 2 is 2.32 bits per heavy atom. The van der Waals surface area contributed by atoms with Gasteiger partial charge in [-0.05, 0) is 25.0 Å². The topological polar surface area (TPSA) is 70.8 Å². The number of hydrogen-bond donors (Lipinski definition) is 1. The molecule has 1 saturated heterocycles. The summed E-state index contributed by atoms with van der Waals surface area (Å²) in [6.45, 7) is 2.48. The smallest absolute Gasteiger partial charge is 0.144 e. The van der Waals surface area contributed by atoms with Gasteiger partial charge in [0.25, 0.3) is 0 Å². The van der Waals surface area contributed by atoms with Crippen LogP contribution < -0.4 is 5.32 Å². The molecule has 0 saturated carbocycles. The molecule has 2 aromatic heterocycles. The van der Waals surface area contributed by atoms with Gasteiger partial charge in [-0.1, -0.05) is 17.7 Å². The van der Waals surface area contributed by atoms with Crippen LogP contribution in [-0.4, -0.2) is 22.6 Å². The van der Waals surface area contributed by atoms with Crippen LogP contribution in [0.4, 0.5) is 5.82 Å². The first-order chi connectivity index (χ1) is 10.7. The number of aromatic nitrogens is 2. The van der Waals surface area contributed by atoms with Crippen LogP contribution in [0.15, 0.2) is 30.7 Å². The lowest BCUT2D eigenvalue weighted by molar-refractivity contribution is 0.107. The molecule has 0 spiro atoms. The fraction of sp³-hybridized carbons (Fsp3) is 0.312. The summed E-state index contributed by atoms with van der Waals surface area (Å²) in [7, 11) is 0. The van der Waals surface area contributed by atoms with Crippen LogP contribution in [0.25, 0.3) is 0 Å². The summed E-state index contributed by atoms with van der Waals surface area (Å²) in [5, 5.41) is 13.2. The molecule has 0 amide bonds. The largest absolute Gasteiger partial charge is 0.371 e. The van der Waals surface area contributed by atoms with Crippen molar-refractivity contribution in [2.45, 2.75) is 25.5 Å². The van der Waals surface area contributed by atoms with E-state index in [4.69, 9.17) is 16.3 Å². The van der Waals surface area contributed by atoms with Crippen molar-refractivity contribution < 1.29 is 4.74 Å². The van der Waals surface area contributed by atoms with Crippen molar-refractivity contribution in [2.24, 2.45) is 0 Å². The summed E-state index contributed by atoms with van der Waals surface area (Å²) in [5.41, 5.74) is 2.23. The Labute approximate surface area is 133 Å². The lowest BCUT2D eigenvalue weighted by Crippen LogP contribution is -2.24. The fourth-order valence-corrected chi connectivity index (χ4v) is 2.75. The molecule has 2 aromatic rings. The third-order valence-electron chi connectivity index (χ3n) is 3.82. The number of nitrogens with zero attached hydrogens (tertiary/aromatic N) is 3. The molecule has 1 aliphatic heterocycles. The van der Waals surface area contributed by atoms with Gasteiger partial charge >= 0.3 is 0 Å². The quantitative estimate of drug-likeness (QED) is 0.941. The second-order valence-corrected chi connectivity index (χ2v) is 5.59. The van der Waals surface area contributed by atoms with Gasteiger partial charge in [0.05, 0.1) is 16.6 Å². The van der Waals surface area contributed by atoms with Gasteiger partial charge in [-0.25, -0.2) is 4.98 Å². The monoisotopic (exact) mass is 314 g/mol. The van der Waals surface area contributed by atoms with Crippen molar-refractivity contribution in [1.29, 1.82) is 5.26 Å². The van der Waals surface area contributed by atoms with E-state index in [0.717, 1.165) is 17.5 Å². The van der Waals surface area contributed by atoms with Crippen LogP contribution in [0.5, 0.6) is 0 Å². The maximum absolute atomic E-state index is 9.35. The molecule has 0 bridgehead atoms. The average molecular weight is 315 g/mol. The first-order valence-corrected chi connectivity index (χ1v) is 7.41. The number of ether oxygens (including phenoxy) is 1. The Hall–Kier alpha value is -2.16. The highest BCUT2D eigenvalue weighted by Crippen LogP contribution is 2.32. The summed E-state index contributed by atoms with van der Waals surface area (Å²) in [6.07, 6.45) is 5.84. The number of nitrogens with one attached hydrogen (secondary N) is 1. The molecule has 1 N–H and O–H groups in total. The molecule has 22 heavy (non-hydrogen) atoms. The first-order valence-electron chi connectivity index (χ1n) is 7.04. The van der Waals surface area contributed by atoms with E-state index in [9.17, 15) is 5.26 Å². The predicted molar refractivity (Wildman–Crippen MR) is 83.7 cm³/mol. The van der Waals surface area contributed by atoms with Crippen LogP contribution in [0.1, 0.15) is 29.2 Å². The van der Waals surface area contributed by atoms with Gasteiger partial charge in [-0.15, -0.1) is 0 Å². The van der Waals surface area contributed by atoms with Crippen molar-refractivity contribution in [3.8, 4) is 6.07 Å². The average Bonchev–Trinajstić information content (AvgIpc) is 3.00. The normalized spacial score (nSPS) is 20.6. The Balaban J connectivity index is 1.87. The van der Waals surface area contributed by atoms with Gasteiger partial charge in [-0.3, -0.25) is 4.98 Å². The Morgan fingerprint density at radius 1 is 1.45 bits per heavy atom. The highest BCUT2D eigenvalue weighted by molar-refractivity contribution is 6.31. The summed E-state index contributed by atoms with van der Waals surface area (Å²) in [4.78, 5) is 8.40. The van der Waals surface area contributed by atoms with E-state index in [0.29, 0.717) is 23.0 Å². The van der Waals surface area contributed by atoms with Crippen molar-refractivity contribution >= 4 is 17.4 Å². The maximum atomic E-state index is 9.35. The van der Waals surface area contributed by atoms with Crippen molar-refractivity contribution in [3.05, 3.63) is 52.4 Å². The second kappa shape index (κ2) is 6.30. The number of hydrogen-bond acceptors (Lipinski definition) is 5. The lowest BCUT2D eigenvalue weighted by atomic mass is 10.0. The fourth-order valence-electron chi connectivity index (χ4n) is 2.61. The molecule has 0 aliphatic carbocycles. The predicted octanol–water partition coefficient (Wildman–Crippen LogP) is 3.25. The molecular weight excluding hydrogens is 300 g/mol. The molecule has 112 valence electrons. The summed E-state index contributed by atoms with van der Waals surface area (Å²) < 4.78 is 5.81. The van der Waals surface area contributed by atoms with E-state index < -0.39 is 0 Å². The number of pyridine rings is 2. The number of anilines is 1. The molecule has 1 fully saturated rings. The zero-order valence-corrected chi connectivity index (χ0v) is 12.8. The van der Waals surface area contributed by atoms with Gasteiger partial charge < -0.3 is 10.1 Å². The second-order valence-electron chi connectivity index (χ2n) is 5.18. The van der Waals surface area contributed by atoms with E-state index >= 15 is 0 Å². The molecule has 1 aliphatic rings. The third-order valence-corrected chi connectivity index (χ3v) is 4.20. The molecule has 3 heterocycles. The van der Waals surface area contributed by atoms with Gasteiger partial charge in [0.2, 0.25) is 0 Å². The summed E-state index contributed by atoms with van der Waals surface area (Å²) in [5.74, 6) is 0.550. The van der Waals surface area contributed by atoms with Gasteiger partial charge in [-0.2, -0.15) is 5.26 Å².